The molecule has 0 N–H and O–H groups in total. The number of alkyl halides is 1. The summed E-state index contributed by atoms with van der Waals surface area (Å²) in [6.07, 6.45) is 0.797. The zero-order valence-electron chi connectivity index (χ0n) is 5.43. The lowest BCUT2D eigenvalue weighted by Gasteiger charge is -1.92. The molecule has 0 amide bonds. The highest BCUT2D eigenvalue weighted by Crippen LogP contribution is 2.35. The van der Waals surface area contributed by atoms with E-state index in [1.165, 1.54) is 11.3 Å². The normalized spacial score (nSPS) is 22.4. The van der Waals surface area contributed by atoms with E-state index in [0.29, 0.717) is 4.34 Å². The van der Waals surface area contributed by atoms with Crippen LogP contribution >= 0.6 is 38.9 Å². The van der Waals surface area contributed by atoms with Gasteiger partial charge in [0.2, 0.25) is 0 Å². The Morgan fingerprint density at radius 3 is 3.09 bits per heavy atom. The van der Waals surface area contributed by atoms with E-state index >= 15 is 0 Å². The first-order valence-electron chi connectivity index (χ1n) is 3.15. The van der Waals surface area contributed by atoms with Crippen LogP contribution in [0.2, 0.25) is 4.34 Å². The first-order chi connectivity index (χ1) is 5.18. The minimum Gasteiger partial charge on any atom is -0.293 e. The molecule has 0 aromatic carbocycles. The van der Waals surface area contributed by atoms with Crippen LogP contribution in [0.25, 0.3) is 0 Å². The molecule has 1 aliphatic carbocycles. The van der Waals surface area contributed by atoms with E-state index in [4.69, 9.17) is 11.6 Å². The van der Waals surface area contributed by atoms with Crippen LogP contribution in [-0.2, 0) is 6.42 Å². The van der Waals surface area contributed by atoms with Crippen molar-refractivity contribution in [3.63, 3.8) is 0 Å². The van der Waals surface area contributed by atoms with Crippen molar-refractivity contribution in [2.75, 3.05) is 0 Å². The van der Waals surface area contributed by atoms with Crippen LogP contribution in [-0.4, -0.2) is 10.6 Å². The fourth-order valence-electron chi connectivity index (χ4n) is 1.18. The van der Waals surface area contributed by atoms with Gasteiger partial charge in [-0.3, -0.25) is 4.79 Å². The molecule has 0 bridgehead atoms. The Hall–Kier alpha value is 0.140. The van der Waals surface area contributed by atoms with E-state index < -0.39 is 0 Å². The van der Waals surface area contributed by atoms with Gasteiger partial charge < -0.3 is 0 Å². The highest BCUT2D eigenvalue weighted by atomic mass is 79.9. The molecule has 1 aromatic rings. The van der Waals surface area contributed by atoms with E-state index in [2.05, 4.69) is 15.9 Å². The van der Waals surface area contributed by atoms with Crippen molar-refractivity contribution in [1.29, 1.82) is 0 Å². The summed E-state index contributed by atoms with van der Waals surface area (Å²) in [5.41, 5.74) is 0.807. The van der Waals surface area contributed by atoms with Crippen LogP contribution < -0.4 is 0 Å². The number of hydrogen-bond acceptors (Lipinski definition) is 2. The molecule has 11 heavy (non-hydrogen) atoms. The van der Waals surface area contributed by atoms with Crippen LogP contribution in [0.15, 0.2) is 6.07 Å². The van der Waals surface area contributed by atoms with Gasteiger partial charge in [0.1, 0.15) is 0 Å². The quantitative estimate of drug-likeness (QED) is 0.648. The van der Waals surface area contributed by atoms with Gasteiger partial charge in [0, 0.05) is 16.9 Å². The van der Waals surface area contributed by atoms with E-state index in [1.807, 2.05) is 0 Å². The largest absolute Gasteiger partial charge is 0.293 e. The lowest BCUT2D eigenvalue weighted by Crippen LogP contribution is -2.06. The maximum Gasteiger partial charge on any atom is 0.177 e. The number of ketones is 1. The Morgan fingerprint density at radius 2 is 2.45 bits per heavy atom. The highest BCUT2D eigenvalue weighted by Gasteiger charge is 2.30. The third kappa shape index (κ3) is 1.15. The van der Waals surface area contributed by atoms with E-state index in [9.17, 15) is 4.79 Å². The smallest absolute Gasteiger partial charge is 0.177 e. The summed E-state index contributed by atoms with van der Waals surface area (Å²) in [6.45, 7) is 0. The van der Waals surface area contributed by atoms with Crippen molar-refractivity contribution in [3.05, 3.63) is 20.8 Å². The molecule has 1 atom stereocenters. The summed E-state index contributed by atoms with van der Waals surface area (Å²) in [5.74, 6) is 0.170. The molecule has 1 aliphatic rings. The van der Waals surface area contributed by atoms with Gasteiger partial charge in [0.25, 0.3) is 0 Å². The van der Waals surface area contributed by atoms with Crippen LogP contribution in [0.4, 0.5) is 0 Å². The predicted octanol–water partition coefficient (Wildman–Crippen LogP) is 2.90. The van der Waals surface area contributed by atoms with Gasteiger partial charge in [-0.25, -0.2) is 0 Å². The Bertz CT molecular complexity index is 320. The van der Waals surface area contributed by atoms with Gasteiger partial charge in [-0.15, -0.1) is 11.3 Å². The second-order valence-electron chi connectivity index (χ2n) is 2.42. The molecule has 0 saturated heterocycles. The fourth-order valence-corrected chi connectivity index (χ4v) is 3.29. The molecule has 1 nitrogen and oxygen atoms in total. The van der Waals surface area contributed by atoms with Gasteiger partial charge in [0.15, 0.2) is 5.78 Å². The first-order valence-corrected chi connectivity index (χ1v) is 5.26. The van der Waals surface area contributed by atoms with Gasteiger partial charge in [-0.05, 0) is 6.07 Å². The Morgan fingerprint density at radius 1 is 1.73 bits per heavy atom. The second-order valence-corrected chi connectivity index (χ2v) is 5.30. The Labute approximate surface area is 81.5 Å². The van der Waals surface area contributed by atoms with Gasteiger partial charge in [-0.2, -0.15) is 0 Å². The van der Waals surface area contributed by atoms with Crippen molar-refractivity contribution in [2.45, 2.75) is 11.2 Å². The molecule has 0 fully saturated rings. The number of carbonyl (C=O) groups is 1. The minimum atomic E-state index is -0.0129. The summed E-state index contributed by atoms with van der Waals surface area (Å²) >= 11 is 10.5. The third-order valence-electron chi connectivity index (χ3n) is 1.69. The standard InChI is InChI=1S/C7H4BrClOS/c8-4-2-5-3(7(4)10)1-6(9)11-5/h1,4H,2H2/t4-/m1/s1. The Balaban J connectivity index is 2.52. The van der Waals surface area contributed by atoms with Crippen molar-refractivity contribution in [3.8, 4) is 0 Å². The molecule has 2 rings (SSSR count). The summed E-state index contributed by atoms with van der Waals surface area (Å²) in [7, 11) is 0. The summed E-state index contributed by atoms with van der Waals surface area (Å²) < 4.78 is 0.711. The van der Waals surface area contributed by atoms with Crippen molar-refractivity contribution < 1.29 is 4.79 Å². The number of halogens is 2. The number of carbonyl (C=O) groups excluding carboxylic acids is 1. The number of rotatable bonds is 0. The van der Waals surface area contributed by atoms with Gasteiger partial charge >= 0.3 is 0 Å². The van der Waals surface area contributed by atoms with Crippen molar-refractivity contribution in [2.24, 2.45) is 0 Å². The molecule has 1 aromatic heterocycles. The maximum absolute atomic E-state index is 11.3. The molecule has 0 radical (unpaired) electrons. The van der Waals surface area contributed by atoms with Gasteiger partial charge in [-0.1, -0.05) is 27.5 Å². The molecule has 58 valence electrons. The number of thiophene rings is 1. The lowest BCUT2D eigenvalue weighted by atomic mass is 10.2. The molecule has 0 aliphatic heterocycles. The molecular weight excluding hydrogens is 247 g/mol. The zero-order chi connectivity index (χ0) is 8.01. The van der Waals surface area contributed by atoms with Gasteiger partial charge in [0.05, 0.1) is 9.16 Å². The third-order valence-corrected chi connectivity index (χ3v) is 3.72. The monoisotopic (exact) mass is 250 g/mol. The molecule has 0 saturated carbocycles. The first kappa shape index (κ1) is 7.77. The van der Waals surface area contributed by atoms with E-state index in [1.54, 1.807) is 6.07 Å². The maximum atomic E-state index is 11.3. The Kier molecular flexibility index (Phi) is 1.82. The minimum absolute atomic E-state index is 0.0129. The number of Topliss-reactive ketones (excluding diaryl/α,β-unsaturated/α-hetero) is 1. The summed E-state index contributed by atoms with van der Waals surface area (Å²) in [4.78, 5) is 12.4. The summed E-state index contributed by atoms with van der Waals surface area (Å²) in [5, 5.41) is 0. The predicted molar refractivity (Wildman–Crippen MR) is 50.1 cm³/mol. The molecule has 1 heterocycles. The average molecular weight is 252 g/mol. The molecule has 0 spiro atoms. The van der Waals surface area contributed by atoms with Crippen LogP contribution in [0.3, 0.4) is 0 Å². The van der Waals surface area contributed by atoms with E-state index in [0.717, 1.165) is 16.9 Å². The highest BCUT2D eigenvalue weighted by molar-refractivity contribution is 9.10. The summed E-state index contributed by atoms with van der Waals surface area (Å²) in [6, 6.07) is 1.76. The fraction of sp³-hybridized carbons (Fsp3) is 0.286. The zero-order valence-corrected chi connectivity index (χ0v) is 8.59. The molecular formula is C7H4BrClOS. The number of hydrogen-bond donors (Lipinski definition) is 0. The number of fused-ring (bicyclic) bond motifs is 1. The second kappa shape index (κ2) is 2.57. The van der Waals surface area contributed by atoms with Crippen molar-refractivity contribution in [1.82, 2.24) is 0 Å². The SMILES string of the molecule is O=C1c2cc(Cl)sc2C[C@H]1Br. The average Bonchev–Trinajstić information content (AvgIpc) is 2.37. The molecule has 4 heteroatoms. The van der Waals surface area contributed by atoms with Crippen LogP contribution in [0.5, 0.6) is 0 Å². The lowest BCUT2D eigenvalue weighted by molar-refractivity contribution is 0.100. The molecule has 0 unspecified atom stereocenters. The van der Waals surface area contributed by atoms with Crippen molar-refractivity contribution >= 4 is 44.7 Å². The van der Waals surface area contributed by atoms with Crippen LogP contribution in [0.1, 0.15) is 15.2 Å². The van der Waals surface area contributed by atoms with E-state index in [-0.39, 0.29) is 10.6 Å². The topological polar surface area (TPSA) is 17.1 Å². The van der Waals surface area contributed by atoms with Crippen LogP contribution in [0, 0.1) is 0 Å².